The van der Waals surface area contributed by atoms with Gasteiger partial charge in [0.05, 0.1) is 6.04 Å². The third-order valence-electron chi connectivity index (χ3n) is 2.77. The Morgan fingerprint density at radius 1 is 1.08 bits per heavy atom. The van der Waals surface area contributed by atoms with Crippen molar-refractivity contribution in [1.82, 2.24) is 16.0 Å². The highest BCUT2D eigenvalue weighted by Crippen LogP contribution is 2.23. The van der Waals surface area contributed by atoms with Crippen molar-refractivity contribution in [3.05, 3.63) is 6.04 Å². The van der Waals surface area contributed by atoms with Gasteiger partial charge in [0.25, 0.3) is 0 Å². The molecule has 1 fully saturated rings. The molecule has 0 aromatic carbocycles. The van der Waals surface area contributed by atoms with Gasteiger partial charge in [-0.05, 0) is 40.4 Å². The normalized spacial score (nSPS) is 32.2. The van der Waals surface area contributed by atoms with Crippen LogP contribution in [0.5, 0.6) is 0 Å². The van der Waals surface area contributed by atoms with E-state index in [-0.39, 0.29) is 0 Å². The molecule has 1 aliphatic rings. The van der Waals surface area contributed by atoms with E-state index in [1.54, 1.807) is 0 Å². The zero-order valence-electron chi connectivity index (χ0n) is 8.28. The van der Waals surface area contributed by atoms with Crippen LogP contribution in [0.1, 0.15) is 19.3 Å². The lowest BCUT2D eigenvalue weighted by Gasteiger charge is -2.35. The molecule has 1 aliphatic carbocycles. The van der Waals surface area contributed by atoms with E-state index in [1.807, 2.05) is 21.1 Å². The van der Waals surface area contributed by atoms with E-state index >= 15 is 0 Å². The molecule has 0 aromatic heterocycles. The lowest BCUT2D eigenvalue weighted by Crippen LogP contribution is -2.47. The summed E-state index contributed by atoms with van der Waals surface area (Å²) in [7, 11) is 6.08. The van der Waals surface area contributed by atoms with Crippen molar-refractivity contribution in [3.8, 4) is 0 Å². The van der Waals surface area contributed by atoms with E-state index in [4.69, 9.17) is 0 Å². The fourth-order valence-electron chi connectivity index (χ4n) is 1.89. The fraction of sp³-hybridized carbons (Fsp3) is 0.889. The van der Waals surface area contributed by atoms with Gasteiger partial charge in [0.15, 0.2) is 0 Å². The summed E-state index contributed by atoms with van der Waals surface area (Å²) in [6, 6.07) is 2.67. The van der Waals surface area contributed by atoms with Gasteiger partial charge in [-0.25, -0.2) is 0 Å². The molecule has 3 heteroatoms. The first kappa shape index (κ1) is 9.96. The van der Waals surface area contributed by atoms with Gasteiger partial charge >= 0.3 is 0 Å². The first-order valence-electron chi connectivity index (χ1n) is 4.69. The van der Waals surface area contributed by atoms with E-state index < -0.39 is 0 Å². The minimum atomic E-state index is 0.569. The molecule has 0 heterocycles. The lowest BCUT2D eigenvalue weighted by molar-refractivity contribution is 0.335. The van der Waals surface area contributed by atoms with Crippen LogP contribution in [0.4, 0.5) is 0 Å². The average molecular weight is 170 g/mol. The molecule has 0 saturated heterocycles. The first-order valence-corrected chi connectivity index (χ1v) is 4.69. The number of nitrogens with one attached hydrogen (secondary N) is 3. The zero-order valence-corrected chi connectivity index (χ0v) is 8.28. The van der Waals surface area contributed by atoms with Crippen molar-refractivity contribution in [2.45, 2.75) is 31.3 Å². The van der Waals surface area contributed by atoms with Crippen LogP contribution in [0, 0.1) is 6.04 Å². The molecule has 71 valence electrons. The van der Waals surface area contributed by atoms with E-state index in [0.717, 1.165) is 6.42 Å². The molecule has 1 radical (unpaired) electrons. The molecule has 0 aromatic rings. The molecule has 0 spiro atoms. The molecule has 2 unspecified atom stereocenters. The van der Waals surface area contributed by atoms with Gasteiger partial charge in [-0.2, -0.15) is 0 Å². The van der Waals surface area contributed by atoms with Crippen LogP contribution in [-0.4, -0.2) is 33.2 Å². The SMILES string of the molecule is CN[C]1CC(NC)CCC1NC. The Morgan fingerprint density at radius 3 is 2.33 bits per heavy atom. The number of likely N-dealkylation sites (N-methyl/N-ethyl adjacent to an activating group) is 2. The molecular weight excluding hydrogens is 150 g/mol. The Hall–Kier alpha value is -0.120. The molecule has 1 rings (SSSR count). The third kappa shape index (κ3) is 2.19. The van der Waals surface area contributed by atoms with E-state index in [2.05, 4.69) is 16.0 Å². The average Bonchev–Trinajstić information content (AvgIpc) is 2.16. The Bertz CT molecular complexity index is 127. The summed E-state index contributed by atoms with van der Waals surface area (Å²) in [5.74, 6) is 0. The molecular formula is C9H20N3. The summed E-state index contributed by atoms with van der Waals surface area (Å²) in [6.07, 6.45) is 3.66. The van der Waals surface area contributed by atoms with Crippen molar-refractivity contribution in [1.29, 1.82) is 0 Å². The molecule has 0 amide bonds. The molecule has 2 atom stereocenters. The molecule has 12 heavy (non-hydrogen) atoms. The fourth-order valence-corrected chi connectivity index (χ4v) is 1.89. The van der Waals surface area contributed by atoms with E-state index in [9.17, 15) is 0 Å². The highest BCUT2D eigenvalue weighted by Gasteiger charge is 2.27. The number of hydrogen-bond acceptors (Lipinski definition) is 3. The van der Waals surface area contributed by atoms with Gasteiger partial charge in [-0.1, -0.05) is 0 Å². The molecule has 1 saturated carbocycles. The van der Waals surface area contributed by atoms with E-state index in [1.165, 1.54) is 18.9 Å². The van der Waals surface area contributed by atoms with Gasteiger partial charge < -0.3 is 16.0 Å². The van der Waals surface area contributed by atoms with Crippen LogP contribution in [0.15, 0.2) is 0 Å². The van der Waals surface area contributed by atoms with Crippen molar-refractivity contribution >= 4 is 0 Å². The van der Waals surface area contributed by atoms with Crippen molar-refractivity contribution in [2.24, 2.45) is 0 Å². The van der Waals surface area contributed by atoms with Crippen molar-refractivity contribution in [2.75, 3.05) is 21.1 Å². The second kappa shape index (κ2) is 4.80. The molecule has 0 aliphatic heterocycles. The summed E-state index contributed by atoms with van der Waals surface area (Å²) in [6.45, 7) is 0. The lowest BCUT2D eigenvalue weighted by atomic mass is 9.87. The molecule has 3 nitrogen and oxygen atoms in total. The maximum Gasteiger partial charge on any atom is 0.0547 e. The highest BCUT2D eigenvalue weighted by atomic mass is 15.0. The Labute approximate surface area is 75.3 Å². The standard InChI is InChI=1S/C9H20N3/c1-10-7-4-5-8(11-2)9(6-7)12-3/h7-8,10-12H,4-6H2,1-3H3. The van der Waals surface area contributed by atoms with Gasteiger partial charge in [0, 0.05) is 12.1 Å². The van der Waals surface area contributed by atoms with E-state index in [0.29, 0.717) is 12.1 Å². The highest BCUT2D eigenvalue weighted by molar-refractivity contribution is 5.04. The second-order valence-corrected chi connectivity index (χ2v) is 3.38. The summed E-state index contributed by atoms with van der Waals surface area (Å²) in [5.41, 5.74) is 0. The first-order chi connectivity index (χ1) is 5.81. The summed E-state index contributed by atoms with van der Waals surface area (Å²) < 4.78 is 0. The van der Waals surface area contributed by atoms with Gasteiger partial charge in [-0.3, -0.25) is 0 Å². The second-order valence-electron chi connectivity index (χ2n) is 3.38. The van der Waals surface area contributed by atoms with Crippen molar-refractivity contribution < 1.29 is 0 Å². The van der Waals surface area contributed by atoms with Crippen LogP contribution in [0.25, 0.3) is 0 Å². The Morgan fingerprint density at radius 2 is 1.83 bits per heavy atom. The summed E-state index contributed by atoms with van der Waals surface area (Å²) >= 11 is 0. The Kier molecular flexibility index (Phi) is 3.98. The van der Waals surface area contributed by atoms with Crippen LogP contribution < -0.4 is 16.0 Å². The molecule has 0 bridgehead atoms. The monoisotopic (exact) mass is 170 g/mol. The quantitative estimate of drug-likeness (QED) is 0.562. The van der Waals surface area contributed by atoms with Crippen LogP contribution >= 0.6 is 0 Å². The largest absolute Gasteiger partial charge is 0.317 e. The topological polar surface area (TPSA) is 36.1 Å². The van der Waals surface area contributed by atoms with Crippen LogP contribution in [0.2, 0.25) is 0 Å². The number of rotatable bonds is 3. The maximum absolute atomic E-state index is 3.32. The summed E-state index contributed by atoms with van der Waals surface area (Å²) in [4.78, 5) is 0. The zero-order chi connectivity index (χ0) is 8.97. The number of hydrogen-bond donors (Lipinski definition) is 3. The minimum absolute atomic E-state index is 0.569. The van der Waals surface area contributed by atoms with Gasteiger partial charge in [-0.15, -0.1) is 0 Å². The van der Waals surface area contributed by atoms with Crippen LogP contribution in [-0.2, 0) is 0 Å². The predicted octanol–water partition coefficient (Wildman–Crippen LogP) is 0.0977. The smallest absolute Gasteiger partial charge is 0.0547 e. The van der Waals surface area contributed by atoms with Crippen LogP contribution in [0.3, 0.4) is 0 Å². The third-order valence-corrected chi connectivity index (χ3v) is 2.77. The minimum Gasteiger partial charge on any atom is -0.317 e. The van der Waals surface area contributed by atoms with Gasteiger partial charge in [0.1, 0.15) is 0 Å². The van der Waals surface area contributed by atoms with Gasteiger partial charge in [0.2, 0.25) is 0 Å². The maximum atomic E-state index is 3.32. The van der Waals surface area contributed by atoms with Crippen molar-refractivity contribution in [3.63, 3.8) is 0 Å². The summed E-state index contributed by atoms with van der Waals surface area (Å²) in [5, 5.41) is 9.93. The Balaban J connectivity index is 2.41. The molecule has 3 N–H and O–H groups in total. The predicted molar refractivity (Wildman–Crippen MR) is 51.8 cm³/mol.